The third kappa shape index (κ3) is 4.21. The van der Waals surface area contributed by atoms with Crippen molar-refractivity contribution in [3.8, 4) is 0 Å². The highest BCUT2D eigenvalue weighted by atomic mass is 16.5. The molecule has 1 aromatic rings. The van der Waals surface area contributed by atoms with E-state index in [4.69, 9.17) is 10.5 Å². The van der Waals surface area contributed by atoms with E-state index in [-0.39, 0.29) is 11.9 Å². The van der Waals surface area contributed by atoms with Crippen LogP contribution in [0.4, 0.5) is 16.7 Å². The van der Waals surface area contributed by atoms with E-state index in [9.17, 15) is 4.79 Å². The molecule has 15 heavy (non-hydrogen) atoms. The molecule has 7 nitrogen and oxygen atoms in total. The Morgan fingerprint density at radius 3 is 3.07 bits per heavy atom. The van der Waals surface area contributed by atoms with Gasteiger partial charge in [-0.05, 0) is 6.42 Å². The number of rotatable bonds is 4. The molecule has 3 N–H and O–H groups in total. The van der Waals surface area contributed by atoms with Gasteiger partial charge in [-0.1, -0.05) is 13.3 Å². The van der Waals surface area contributed by atoms with Crippen LogP contribution in [0.25, 0.3) is 0 Å². The third-order valence-electron chi connectivity index (χ3n) is 1.54. The lowest BCUT2D eigenvalue weighted by atomic mass is 10.4. The Bertz CT molecular complexity index is 331. The molecule has 82 valence electrons. The van der Waals surface area contributed by atoms with Crippen LogP contribution in [-0.4, -0.2) is 27.7 Å². The molecule has 0 unspecified atom stereocenters. The summed E-state index contributed by atoms with van der Waals surface area (Å²) in [5, 5.41) is 2.34. The summed E-state index contributed by atoms with van der Waals surface area (Å²) in [6.45, 7) is 2.39. The molecule has 7 heteroatoms. The van der Waals surface area contributed by atoms with Crippen molar-refractivity contribution in [2.24, 2.45) is 0 Å². The van der Waals surface area contributed by atoms with Gasteiger partial charge < -0.3 is 10.5 Å². The highest BCUT2D eigenvalue weighted by Crippen LogP contribution is 1.99. The number of nitrogens with two attached hydrogens (primary N) is 1. The summed E-state index contributed by atoms with van der Waals surface area (Å²) in [6.07, 6.45) is 2.41. The Labute approximate surface area is 87.1 Å². The number of unbranched alkanes of at least 4 members (excludes halogenated alkanes) is 1. The van der Waals surface area contributed by atoms with E-state index in [0.717, 1.165) is 12.8 Å². The highest BCUT2D eigenvalue weighted by molar-refractivity contribution is 5.82. The van der Waals surface area contributed by atoms with E-state index in [2.05, 4.69) is 20.3 Å². The maximum atomic E-state index is 11.1. The van der Waals surface area contributed by atoms with Gasteiger partial charge >= 0.3 is 6.09 Å². The van der Waals surface area contributed by atoms with Crippen LogP contribution in [0.5, 0.6) is 0 Å². The molecule has 1 aromatic heterocycles. The number of aromatic nitrogens is 3. The molecule has 0 aromatic carbocycles. The Morgan fingerprint density at radius 1 is 1.60 bits per heavy atom. The summed E-state index contributed by atoms with van der Waals surface area (Å²) in [5.74, 6) is 0.137. The van der Waals surface area contributed by atoms with Gasteiger partial charge in [-0.25, -0.2) is 14.8 Å². The fraction of sp³-hybridized carbons (Fsp3) is 0.500. The number of nitrogen functional groups attached to an aromatic ring is 1. The zero-order chi connectivity index (χ0) is 11.1. The van der Waals surface area contributed by atoms with Crippen LogP contribution < -0.4 is 11.1 Å². The number of carbonyl (C=O) groups is 1. The minimum atomic E-state index is -0.589. The molecule has 1 amide bonds. The van der Waals surface area contributed by atoms with Crippen LogP contribution in [0.3, 0.4) is 0 Å². The molecule has 0 aliphatic rings. The Kier molecular flexibility index (Phi) is 4.27. The number of nitrogens with zero attached hydrogens (tertiary/aromatic N) is 3. The first kappa shape index (κ1) is 11.2. The number of ether oxygens (including phenoxy) is 1. The minimum Gasteiger partial charge on any atom is -0.449 e. The molecule has 0 saturated carbocycles. The summed E-state index contributed by atoms with van der Waals surface area (Å²) >= 11 is 0. The number of hydrogen-bond donors (Lipinski definition) is 2. The zero-order valence-corrected chi connectivity index (χ0v) is 8.43. The SMILES string of the molecule is CCCCOC(=O)Nc1ncnc(N)n1. The van der Waals surface area contributed by atoms with Crippen molar-refractivity contribution in [2.75, 3.05) is 17.7 Å². The lowest BCUT2D eigenvalue weighted by molar-refractivity contribution is 0.159. The van der Waals surface area contributed by atoms with Gasteiger partial charge in [0.15, 0.2) is 0 Å². The van der Waals surface area contributed by atoms with Crippen molar-refractivity contribution >= 4 is 18.0 Å². The molecular formula is C8H13N5O2. The monoisotopic (exact) mass is 211 g/mol. The van der Waals surface area contributed by atoms with Crippen LogP contribution in [0.2, 0.25) is 0 Å². The van der Waals surface area contributed by atoms with Gasteiger partial charge in [-0.2, -0.15) is 4.98 Å². The van der Waals surface area contributed by atoms with E-state index in [1.807, 2.05) is 6.92 Å². The van der Waals surface area contributed by atoms with Crippen LogP contribution in [0.1, 0.15) is 19.8 Å². The van der Waals surface area contributed by atoms with Crippen molar-refractivity contribution in [2.45, 2.75) is 19.8 Å². The maximum Gasteiger partial charge on any atom is 0.414 e. The van der Waals surface area contributed by atoms with E-state index in [0.29, 0.717) is 6.61 Å². The van der Waals surface area contributed by atoms with Crippen molar-refractivity contribution in [1.82, 2.24) is 15.0 Å². The largest absolute Gasteiger partial charge is 0.449 e. The summed E-state index contributed by atoms with van der Waals surface area (Å²) in [7, 11) is 0. The molecule has 0 atom stereocenters. The summed E-state index contributed by atoms with van der Waals surface area (Å²) in [4.78, 5) is 22.1. The standard InChI is InChI=1S/C8H13N5O2/c1-2-3-4-15-8(14)13-7-11-5-10-6(9)12-7/h5H,2-4H2,1H3,(H3,9,10,11,12,13,14). The van der Waals surface area contributed by atoms with Gasteiger partial charge in [0.1, 0.15) is 6.33 Å². The number of amides is 1. The van der Waals surface area contributed by atoms with Gasteiger partial charge in [-0.3, -0.25) is 5.32 Å². The van der Waals surface area contributed by atoms with Gasteiger partial charge in [-0.15, -0.1) is 0 Å². The predicted octanol–water partition coefficient (Wildman–Crippen LogP) is 0.802. The van der Waals surface area contributed by atoms with Gasteiger partial charge in [0.05, 0.1) is 6.61 Å². The number of hydrogen-bond acceptors (Lipinski definition) is 6. The average molecular weight is 211 g/mol. The first-order chi connectivity index (χ1) is 7.22. The predicted molar refractivity (Wildman–Crippen MR) is 54.1 cm³/mol. The lowest BCUT2D eigenvalue weighted by Gasteiger charge is -2.04. The molecule has 1 rings (SSSR count). The number of anilines is 2. The lowest BCUT2D eigenvalue weighted by Crippen LogP contribution is -2.16. The fourth-order valence-corrected chi connectivity index (χ4v) is 0.806. The molecule has 0 aliphatic carbocycles. The molecule has 0 radical (unpaired) electrons. The van der Waals surface area contributed by atoms with Crippen molar-refractivity contribution in [3.63, 3.8) is 0 Å². The van der Waals surface area contributed by atoms with E-state index in [1.54, 1.807) is 0 Å². The van der Waals surface area contributed by atoms with E-state index in [1.165, 1.54) is 6.33 Å². The second-order valence-corrected chi connectivity index (χ2v) is 2.78. The second kappa shape index (κ2) is 5.74. The topological polar surface area (TPSA) is 103 Å². The van der Waals surface area contributed by atoms with Crippen molar-refractivity contribution < 1.29 is 9.53 Å². The van der Waals surface area contributed by atoms with Crippen molar-refractivity contribution in [3.05, 3.63) is 6.33 Å². The minimum absolute atomic E-state index is 0.0499. The van der Waals surface area contributed by atoms with E-state index < -0.39 is 6.09 Å². The van der Waals surface area contributed by atoms with Gasteiger partial charge in [0.2, 0.25) is 11.9 Å². The van der Waals surface area contributed by atoms with E-state index >= 15 is 0 Å². The van der Waals surface area contributed by atoms with Crippen LogP contribution in [-0.2, 0) is 4.74 Å². The molecule has 0 aliphatic heterocycles. The number of nitrogens with one attached hydrogen (secondary N) is 1. The Hall–Kier alpha value is -1.92. The smallest absolute Gasteiger partial charge is 0.414 e. The third-order valence-corrected chi connectivity index (χ3v) is 1.54. The normalized spacial score (nSPS) is 9.67. The molecular weight excluding hydrogens is 198 g/mol. The second-order valence-electron chi connectivity index (χ2n) is 2.78. The van der Waals surface area contributed by atoms with Crippen LogP contribution in [0, 0.1) is 0 Å². The zero-order valence-electron chi connectivity index (χ0n) is 8.43. The fourth-order valence-electron chi connectivity index (χ4n) is 0.806. The summed E-state index contributed by atoms with van der Waals surface area (Å²) < 4.78 is 4.83. The molecule has 1 heterocycles. The van der Waals surface area contributed by atoms with Gasteiger partial charge in [0.25, 0.3) is 0 Å². The Balaban J connectivity index is 2.37. The molecule has 0 fully saturated rings. The molecule has 0 saturated heterocycles. The average Bonchev–Trinajstić information content (AvgIpc) is 2.18. The summed E-state index contributed by atoms with van der Waals surface area (Å²) in [6, 6.07) is 0. The highest BCUT2D eigenvalue weighted by Gasteiger charge is 2.04. The van der Waals surface area contributed by atoms with Crippen molar-refractivity contribution in [1.29, 1.82) is 0 Å². The van der Waals surface area contributed by atoms with Crippen LogP contribution in [0.15, 0.2) is 6.33 Å². The van der Waals surface area contributed by atoms with Gasteiger partial charge in [0, 0.05) is 0 Å². The first-order valence-electron chi connectivity index (χ1n) is 4.60. The Morgan fingerprint density at radius 2 is 2.40 bits per heavy atom. The number of carbonyl (C=O) groups excluding carboxylic acids is 1. The molecule has 0 spiro atoms. The van der Waals surface area contributed by atoms with Crippen LogP contribution >= 0.6 is 0 Å². The maximum absolute atomic E-state index is 11.1. The first-order valence-corrected chi connectivity index (χ1v) is 4.60. The summed E-state index contributed by atoms with van der Waals surface area (Å²) in [5.41, 5.74) is 5.30. The molecule has 0 bridgehead atoms. The quantitative estimate of drug-likeness (QED) is 0.714.